The molecule has 4 heteroatoms. The first kappa shape index (κ1) is 14.5. The minimum absolute atomic E-state index is 0.113. The second-order valence-corrected chi connectivity index (χ2v) is 6.24. The van der Waals surface area contributed by atoms with E-state index in [9.17, 15) is 4.39 Å². The van der Waals surface area contributed by atoms with Crippen molar-refractivity contribution < 1.29 is 9.13 Å². The fraction of sp³-hybridized carbons (Fsp3) is 0.294. The van der Waals surface area contributed by atoms with Crippen LogP contribution in [0.2, 0.25) is 0 Å². The van der Waals surface area contributed by atoms with Gasteiger partial charge in [-0.2, -0.15) is 0 Å². The van der Waals surface area contributed by atoms with E-state index in [4.69, 9.17) is 10.5 Å². The highest BCUT2D eigenvalue weighted by Crippen LogP contribution is 2.38. The van der Waals surface area contributed by atoms with Gasteiger partial charge in [-0.25, -0.2) is 4.39 Å². The molecule has 2 N–H and O–H groups in total. The van der Waals surface area contributed by atoms with Crippen molar-refractivity contribution in [1.29, 1.82) is 0 Å². The summed E-state index contributed by atoms with van der Waals surface area (Å²) >= 11 is 3.21. The maximum Gasteiger partial charge on any atom is 0.137 e. The maximum absolute atomic E-state index is 13.3. The standard InChI is InChI=1S/C17H17BrFNO/c18-14-9-12(5-6-15(14)19)16(20)10-11-7-8-21-17-4-2-1-3-13(11)17/h1-6,9,11,16H,7-8,10,20H2. The Labute approximate surface area is 132 Å². The first-order chi connectivity index (χ1) is 10.1. The average molecular weight is 350 g/mol. The number of halogens is 2. The quantitative estimate of drug-likeness (QED) is 0.882. The highest BCUT2D eigenvalue weighted by molar-refractivity contribution is 9.10. The van der Waals surface area contributed by atoms with Gasteiger partial charge in [0.05, 0.1) is 11.1 Å². The van der Waals surface area contributed by atoms with Crippen molar-refractivity contribution in [1.82, 2.24) is 0 Å². The lowest BCUT2D eigenvalue weighted by molar-refractivity contribution is 0.259. The third kappa shape index (κ3) is 3.11. The van der Waals surface area contributed by atoms with Crippen LogP contribution in [0.4, 0.5) is 4.39 Å². The Balaban J connectivity index is 1.79. The first-order valence-electron chi connectivity index (χ1n) is 7.07. The summed E-state index contributed by atoms with van der Waals surface area (Å²) in [5.41, 5.74) is 8.49. The molecule has 110 valence electrons. The van der Waals surface area contributed by atoms with Crippen LogP contribution in [0.25, 0.3) is 0 Å². The van der Waals surface area contributed by atoms with Gasteiger partial charge in [-0.05, 0) is 64.0 Å². The van der Waals surface area contributed by atoms with Crippen LogP contribution in [0.5, 0.6) is 5.75 Å². The summed E-state index contributed by atoms with van der Waals surface area (Å²) in [7, 11) is 0. The zero-order chi connectivity index (χ0) is 14.8. The second-order valence-electron chi connectivity index (χ2n) is 5.39. The van der Waals surface area contributed by atoms with Gasteiger partial charge in [0.1, 0.15) is 11.6 Å². The van der Waals surface area contributed by atoms with E-state index in [1.54, 1.807) is 12.1 Å². The summed E-state index contributed by atoms with van der Waals surface area (Å²) in [6.07, 6.45) is 1.80. The molecule has 2 atom stereocenters. The summed E-state index contributed by atoms with van der Waals surface area (Å²) < 4.78 is 19.5. The Bertz CT molecular complexity index is 646. The average Bonchev–Trinajstić information content (AvgIpc) is 2.50. The number of hydrogen-bond donors (Lipinski definition) is 1. The van der Waals surface area contributed by atoms with Crippen molar-refractivity contribution in [3.63, 3.8) is 0 Å². The molecule has 1 aliphatic heterocycles. The summed E-state index contributed by atoms with van der Waals surface area (Å²) in [5, 5.41) is 0. The first-order valence-corrected chi connectivity index (χ1v) is 7.86. The molecule has 0 bridgehead atoms. The predicted molar refractivity (Wildman–Crippen MR) is 84.9 cm³/mol. The van der Waals surface area contributed by atoms with Crippen molar-refractivity contribution >= 4 is 15.9 Å². The molecule has 2 aromatic carbocycles. The number of benzene rings is 2. The molecule has 2 aromatic rings. The van der Waals surface area contributed by atoms with Crippen LogP contribution in [-0.4, -0.2) is 6.61 Å². The van der Waals surface area contributed by atoms with E-state index in [0.717, 1.165) is 30.8 Å². The highest BCUT2D eigenvalue weighted by Gasteiger charge is 2.23. The summed E-state index contributed by atoms with van der Waals surface area (Å²) in [5.74, 6) is 1.08. The normalized spacial score (nSPS) is 18.7. The fourth-order valence-electron chi connectivity index (χ4n) is 2.85. The van der Waals surface area contributed by atoms with Crippen molar-refractivity contribution in [3.05, 3.63) is 63.9 Å². The van der Waals surface area contributed by atoms with Crippen LogP contribution >= 0.6 is 15.9 Å². The molecule has 0 radical (unpaired) electrons. The van der Waals surface area contributed by atoms with E-state index in [1.165, 1.54) is 11.6 Å². The molecule has 0 fully saturated rings. The molecule has 1 heterocycles. The topological polar surface area (TPSA) is 35.2 Å². The van der Waals surface area contributed by atoms with E-state index in [1.807, 2.05) is 18.2 Å². The number of nitrogens with two attached hydrogens (primary N) is 1. The van der Waals surface area contributed by atoms with Crippen molar-refractivity contribution in [3.8, 4) is 5.75 Å². The molecule has 0 amide bonds. The van der Waals surface area contributed by atoms with E-state index in [-0.39, 0.29) is 11.9 Å². The van der Waals surface area contributed by atoms with Gasteiger partial charge < -0.3 is 10.5 Å². The number of hydrogen-bond acceptors (Lipinski definition) is 2. The summed E-state index contributed by atoms with van der Waals surface area (Å²) in [6, 6.07) is 13.0. The Kier molecular flexibility index (Phi) is 4.27. The third-order valence-corrected chi connectivity index (χ3v) is 4.60. The van der Waals surface area contributed by atoms with Gasteiger partial charge in [-0.15, -0.1) is 0 Å². The molecule has 0 saturated heterocycles. The van der Waals surface area contributed by atoms with Gasteiger partial charge in [-0.3, -0.25) is 0 Å². The zero-order valence-electron chi connectivity index (χ0n) is 11.6. The van der Waals surface area contributed by atoms with Crippen LogP contribution < -0.4 is 10.5 Å². The van der Waals surface area contributed by atoms with Crippen LogP contribution in [0, 0.1) is 5.82 Å². The Morgan fingerprint density at radius 1 is 1.29 bits per heavy atom. The van der Waals surface area contributed by atoms with Gasteiger partial charge in [0.15, 0.2) is 0 Å². The van der Waals surface area contributed by atoms with Gasteiger partial charge in [0.25, 0.3) is 0 Å². The fourth-order valence-corrected chi connectivity index (χ4v) is 3.24. The Morgan fingerprint density at radius 2 is 2.10 bits per heavy atom. The number of rotatable bonds is 3. The van der Waals surface area contributed by atoms with Crippen molar-refractivity contribution in [2.45, 2.75) is 24.8 Å². The molecular formula is C17H17BrFNO. The molecule has 0 aromatic heterocycles. The molecule has 0 aliphatic carbocycles. The number of para-hydroxylation sites is 1. The van der Waals surface area contributed by atoms with Crippen LogP contribution in [0.15, 0.2) is 46.9 Å². The van der Waals surface area contributed by atoms with E-state index < -0.39 is 0 Å². The van der Waals surface area contributed by atoms with Gasteiger partial charge >= 0.3 is 0 Å². The molecule has 2 nitrogen and oxygen atoms in total. The minimum atomic E-state index is -0.262. The van der Waals surface area contributed by atoms with Crippen LogP contribution in [0.1, 0.15) is 35.9 Å². The monoisotopic (exact) mass is 349 g/mol. The van der Waals surface area contributed by atoms with Gasteiger partial charge in [0.2, 0.25) is 0 Å². The Morgan fingerprint density at radius 3 is 2.90 bits per heavy atom. The molecule has 0 spiro atoms. The molecule has 1 aliphatic rings. The highest BCUT2D eigenvalue weighted by atomic mass is 79.9. The Hall–Kier alpha value is -1.39. The molecule has 2 unspecified atom stereocenters. The lowest BCUT2D eigenvalue weighted by Gasteiger charge is -2.28. The zero-order valence-corrected chi connectivity index (χ0v) is 13.1. The van der Waals surface area contributed by atoms with Crippen molar-refractivity contribution in [2.75, 3.05) is 6.61 Å². The van der Waals surface area contributed by atoms with Crippen LogP contribution in [-0.2, 0) is 0 Å². The smallest absolute Gasteiger partial charge is 0.137 e. The van der Waals surface area contributed by atoms with Gasteiger partial charge in [0, 0.05) is 6.04 Å². The second kappa shape index (κ2) is 6.16. The van der Waals surface area contributed by atoms with Gasteiger partial charge in [-0.1, -0.05) is 24.3 Å². The molecular weight excluding hydrogens is 333 g/mol. The third-order valence-electron chi connectivity index (χ3n) is 3.99. The number of fused-ring (bicyclic) bond motifs is 1. The molecule has 3 rings (SSSR count). The van der Waals surface area contributed by atoms with E-state index in [2.05, 4.69) is 22.0 Å². The SMILES string of the molecule is NC(CC1CCOc2ccccc21)c1ccc(F)c(Br)c1. The summed E-state index contributed by atoms with van der Waals surface area (Å²) in [4.78, 5) is 0. The largest absolute Gasteiger partial charge is 0.493 e. The van der Waals surface area contributed by atoms with E-state index >= 15 is 0 Å². The number of ether oxygens (including phenoxy) is 1. The van der Waals surface area contributed by atoms with Crippen molar-refractivity contribution in [2.24, 2.45) is 5.73 Å². The van der Waals surface area contributed by atoms with Crippen LogP contribution in [0.3, 0.4) is 0 Å². The summed E-state index contributed by atoms with van der Waals surface area (Å²) in [6.45, 7) is 0.724. The minimum Gasteiger partial charge on any atom is -0.493 e. The molecule has 0 saturated carbocycles. The van der Waals surface area contributed by atoms with E-state index in [0.29, 0.717) is 10.4 Å². The lowest BCUT2D eigenvalue weighted by Crippen LogP contribution is -2.20. The maximum atomic E-state index is 13.3. The molecule has 21 heavy (non-hydrogen) atoms. The lowest BCUT2D eigenvalue weighted by atomic mass is 9.86. The predicted octanol–water partition coefficient (Wildman–Crippen LogP) is 4.54.